The Balaban J connectivity index is 1.42. The van der Waals surface area contributed by atoms with Gasteiger partial charge in [-0.1, -0.05) is 30.3 Å². The van der Waals surface area contributed by atoms with Crippen molar-refractivity contribution in [2.45, 2.75) is 63.7 Å². The fraction of sp³-hybridized carbons (Fsp3) is 0.583. The number of piperidine rings is 1. The molecule has 30 heavy (non-hydrogen) atoms. The lowest BCUT2D eigenvalue weighted by Gasteiger charge is -2.42. The maximum Gasteiger partial charge on any atom is 0.153 e. The van der Waals surface area contributed by atoms with E-state index >= 15 is 0 Å². The highest BCUT2D eigenvalue weighted by Gasteiger charge is 2.50. The van der Waals surface area contributed by atoms with Crippen LogP contribution in [0.2, 0.25) is 0 Å². The van der Waals surface area contributed by atoms with Crippen LogP contribution in [0.25, 0.3) is 0 Å². The van der Waals surface area contributed by atoms with Crippen LogP contribution in [0.1, 0.15) is 55.3 Å². The normalized spacial score (nSPS) is 26.9. The quantitative estimate of drug-likeness (QED) is 0.809. The van der Waals surface area contributed by atoms with Crippen molar-refractivity contribution in [3.8, 4) is 0 Å². The van der Waals surface area contributed by atoms with Gasteiger partial charge in [0.05, 0.1) is 30.7 Å². The van der Waals surface area contributed by atoms with Gasteiger partial charge in [0, 0.05) is 30.0 Å². The van der Waals surface area contributed by atoms with E-state index in [9.17, 15) is 5.11 Å². The monoisotopic (exact) mass is 408 g/mol. The first-order chi connectivity index (χ1) is 14.5. The Morgan fingerprint density at radius 3 is 2.40 bits per heavy atom. The van der Waals surface area contributed by atoms with Gasteiger partial charge in [0.1, 0.15) is 5.69 Å². The van der Waals surface area contributed by atoms with E-state index in [-0.39, 0.29) is 29.6 Å². The van der Waals surface area contributed by atoms with Gasteiger partial charge in [-0.25, -0.2) is 9.97 Å². The van der Waals surface area contributed by atoms with Gasteiger partial charge in [0.2, 0.25) is 0 Å². The van der Waals surface area contributed by atoms with E-state index in [4.69, 9.17) is 20.4 Å². The molecule has 2 saturated heterocycles. The van der Waals surface area contributed by atoms with Crippen molar-refractivity contribution < 1.29 is 9.84 Å². The van der Waals surface area contributed by atoms with Crippen LogP contribution < -0.4 is 10.6 Å². The Kier molecular flexibility index (Phi) is 4.84. The van der Waals surface area contributed by atoms with Crippen LogP contribution >= 0.6 is 0 Å². The third-order valence-corrected chi connectivity index (χ3v) is 7.71. The predicted octanol–water partition coefficient (Wildman–Crippen LogP) is 2.69. The van der Waals surface area contributed by atoms with Crippen LogP contribution in [-0.2, 0) is 16.8 Å². The van der Waals surface area contributed by atoms with E-state index in [1.807, 2.05) is 6.07 Å². The molecule has 1 spiro atoms. The maximum atomic E-state index is 10.1. The lowest BCUT2D eigenvalue weighted by molar-refractivity contribution is 0.0973. The number of aryl methyl sites for hydroxylation is 1. The molecule has 1 saturated carbocycles. The number of hydrogen-bond donors (Lipinski definition) is 2. The van der Waals surface area contributed by atoms with E-state index in [1.54, 1.807) is 0 Å². The molecule has 0 bridgehead atoms. The number of aromatic nitrogens is 2. The molecule has 1 aliphatic carbocycles. The topological polar surface area (TPSA) is 84.5 Å². The number of ether oxygens (including phenoxy) is 1. The number of anilines is 1. The summed E-state index contributed by atoms with van der Waals surface area (Å²) < 4.78 is 5.85. The number of nitrogens with two attached hydrogens (primary N) is 1. The maximum absolute atomic E-state index is 10.1. The summed E-state index contributed by atoms with van der Waals surface area (Å²) in [6.07, 6.45) is 4.26. The largest absolute Gasteiger partial charge is 0.390 e. The summed E-state index contributed by atoms with van der Waals surface area (Å²) in [5.74, 6) is 0.831. The average molecular weight is 409 g/mol. The minimum atomic E-state index is -0.0955. The Morgan fingerprint density at radius 1 is 1.13 bits per heavy atom. The van der Waals surface area contributed by atoms with Gasteiger partial charge in [-0.3, -0.25) is 0 Å². The molecule has 2 aliphatic heterocycles. The molecule has 3 fully saturated rings. The van der Waals surface area contributed by atoms with E-state index in [2.05, 4.69) is 43.0 Å². The fourth-order valence-electron chi connectivity index (χ4n) is 5.54. The van der Waals surface area contributed by atoms with Gasteiger partial charge in [-0.05, 0) is 45.1 Å². The summed E-state index contributed by atoms with van der Waals surface area (Å²) in [5, 5.41) is 10.1. The molecule has 0 unspecified atom stereocenters. The zero-order valence-corrected chi connectivity index (χ0v) is 18.0. The van der Waals surface area contributed by atoms with Crippen LogP contribution in [0.4, 0.5) is 5.82 Å². The SMILES string of the molecule is Cc1nc(N2CCC3(CC2)CO[C@@H](C)[C@H]3N)c(CO)nc1C1(c2ccccc2)CC1. The van der Waals surface area contributed by atoms with Crippen LogP contribution in [-0.4, -0.2) is 46.9 Å². The third-order valence-electron chi connectivity index (χ3n) is 7.71. The molecule has 3 heterocycles. The second kappa shape index (κ2) is 7.29. The van der Waals surface area contributed by atoms with Gasteiger partial charge < -0.3 is 20.5 Å². The summed E-state index contributed by atoms with van der Waals surface area (Å²) >= 11 is 0. The first-order valence-electron chi connectivity index (χ1n) is 11.2. The Morgan fingerprint density at radius 2 is 1.83 bits per heavy atom. The first-order valence-corrected chi connectivity index (χ1v) is 11.2. The summed E-state index contributed by atoms with van der Waals surface area (Å²) in [6.45, 7) is 6.52. The molecule has 160 valence electrons. The predicted molar refractivity (Wildman–Crippen MR) is 116 cm³/mol. The zero-order chi connectivity index (χ0) is 20.9. The van der Waals surface area contributed by atoms with Gasteiger partial charge in [-0.2, -0.15) is 0 Å². The van der Waals surface area contributed by atoms with Crippen LogP contribution in [0, 0.1) is 12.3 Å². The third kappa shape index (κ3) is 3.04. The molecule has 3 N–H and O–H groups in total. The van der Waals surface area contributed by atoms with Gasteiger partial charge >= 0.3 is 0 Å². The van der Waals surface area contributed by atoms with Crippen molar-refractivity contribution in [3.63, 3.8) is 0 Å². The highest BCUT2D eigenvalue weighted by atomic mass is 16.5. The molecule has 2 aromatic rings. The van der Waals surface area contributed by atoms with E-state index in [1.165, 1.54) is 5.56 Å². The number of aliphatic hydroxyl groups excluding tert-OH is 1. The van der Waals surface area contributed by atoms with Crippen LogP contribution in [0.15, 0.2) is 30.3 Å². The standard InChI is InChI=1S/C24H32N4O2/c1-16-21(24(8-9-24)18-6-4-3-5-7-18)27-19(14-29)22(26-16)28-12-10-23(11-13-28)15-30-17(2)20(23)25/h3-7,17,20,29H,8-15,25H2,1-2H3/t17-,20+/m0/s1. The molecular weight excluding hydrogens is 376 g/mol. The molecule has 0 radical (unpaired) electrons. The van der Waals surface area contributed by atoms with Crippen molar-refractivity contribution in [1.29, 1.82) is 0 Å². The summed E-state index contributed by atoms with van der Waals surface area (Å²) in [6, 6.07) is 10.7. The number of rotatable bonds is 4. The molecule has 5 rings (SSSR count). The van der Waals surface area contributed by atoms with Crippen molar-refractivity contribution in [2.75, 3.05) is 24.6 Å². The molecule has 3 aliphatic rings. The van der Waals surface area contributed by atoms with Crippen LogP contribution in [0.3, 0.4) is 0 Å². The zero-order valence-electron chi connectivity index (χ0n) is 18.0. The Bertz CT molecular complexity index is 920. The smallest absolute Gasteiger partial charge is 0.153 e. The minimum absolute atomic E-state index is 0.0448. The fourth-order valence-corrected chi connectivity index (χ4v) is 5.54. The second-order valence-electron chi connectivity index (χ2n) is 9.43. The number of benzene rings is 1. The lowest BCUT2D eigenvalue weighted by Crippen LogP contribution is -2.51. The Hall–Kier alpha value is -2.02. The van der Waals surface area contributed by atoms with E-state index in [0.717, 1.165) is 62.6 Å². The second-order valence-corrected chi connectivity index (χ2v) is 9.43. The molecular formula is C24H32N4O2. The first kappa shape index (κ1) is 19.9. The summed E-state index contributed by atoms with van der Waals surface area (Å²) in [7, 11) is 0. The summed E-state index contributed by atoms with van der Waals surface area (Å²) in [5.41, 5.74) is 10.5. The van der Waals surface area contributed by atoms with Gasteiger partial charge in [0.15, 0.2) is 5.82 Å². The van der Waals surface area contributed by atoms with Gasteiger partial charge in [0.25, 0.3) is 0 Å². The minimum Gasteiger partial charge on any atom is -0.390 e. The van der Waals surface area contributed by atoms with E-state index in [0.29, 0.717) is 5.69 Å². The molecule has 2 atom stereocenters. The number of hydrogen-bond acceptors (Lipinski definition) is 6. The van der Waals surface area contributed by atoms with Crippen LogP contribution in [0.5, 0.6) is 0 Å². The van der Waals surface area contributed by atoms with Crippen molar-refractivity contribution >= 4 is 5.82 Å². The summed E-state index contributed by atoms with van der Waals surface area (Å²) in [4.78, 5) is 12.3. The number of aliphatic hydroxyl groups is 1. The number of nitrogens with zero attached hydrogens (tertiary/aromatic N) is 3. The highest BCUT2D eigenvalue weighted by molar-refractivity contribution is 5.50. The lowest BCUT2D eigenvalue weighted by atomic mass is 9.73. The molecule has 0 amide bonds. The van der Waals surface area contributed by atoms with Crippen molar-refractivity contribution in [2.24, 2.45) is 11.1 Å². The average Bonchev–Trinajstić information content (AvgIpc) is 3.55. The molecule has 6 nitrogen and oxygen atoms in total. The van der Waals surface area contributed by atoms with Crippen molar-refractivity contribution in [1.82, 2.24) is 9.97 Å². The Labute approximate surface area is 178 Å². The van der Waals surface area contributed by atoms with Crippen molar-refractivity contribution in [3.05, 3.63) is 53.0 Å². The van der Waals surface area contributed by atoms with Gasteiger partial charge in [-0.15, -0.1) is 0 Å². The molecule has 6 heteroatoms. The molecule has 1 aromatic carbocycles. The molecule has 1 aromatic heterocycles. The van der Waals surface area contributed by atoms with E-state index < -0.39 is 0 Å². The highest BCUT2D eigenvalue weighted by Crippen LogP contribution is 2.53.